The molecule has 2 aromatic rings. The predicted octanol–water partition coefficient (Wildman–Crippen LogP) is 1.64. The van der Waals surface area contributed by atoms with Crippen molar-refractivity contribution < 1.29 is 19.1 Å². The van der Waals surface area contributed by atoms with Gasteiger partial charge in [-0.15, -0.1) is 0 Å². The number of amides is 2. The molecule has 126 valence electrons. The Morgan fingerprint density at radius 2 is 1.21 bits per heavy atom. The van der Waals surface area contributed by atoms with Gasteiger partial charge >= 0.3 is 11.8 Å². The second kappa shape index (κ2) is 8.57. The standard InChI is InChI=1S/C18H20N2O4/c1-23-15-7-3-5-13(9-15)11-19-17(21)18(22)20-12-14-6-4-8-16(10-14)24-2/h3-10H,11-12H2,1-2H3,(H,19,21)(H,20,22). The Kier molecular flexibility index (Phi) is 6.19. The van der Waals surface area contributed by atoms with Gasteiger partial charge < -0.3 is 20.1 Å². The zero-order valence-electron chi connectivity index (χ0n) is 13.7. The van der Waals surface area contributed by atoms with Gasteiger partial charge in [-0.2, -0.15) is 0 Å². The number of benzene rings is 2. The maximum Gasteiger partial charge on any atom is 0.309 e. The van der Waals surface area contributed by atoms with E-state index in [-0.39, 0.29) is 13.1 Å². The van der Waals surface area contributed by atoms with Gasteiger partial charge in [-0.3, -0.25) is 9.59 Å². The molecule has 0 saturated carbocycles. The number of ether oxygens (including phenoxy) is 2. The molecule has 0 bridgehead atoms. The van der Waals surface area contributed by atoms with E-state index in [4.69, 9.17) is 9.47 Å². The molecule has 0 aliphatic carbocycles. The molecule has 2 amide bonds. The minimum absolute atomic E-state index is 0.253. The van der Waals surface area contributed by atoms with Crippen molar-refractivity contribution in [3.63, 3.8) is 0 Å². The molecule has 0 saturated heterocycles. The van der Waals surface area contributed by atoms with Crippen LogP contribution in [0.25, 0.3) is 0 Å². The van der Waals surface area contributed by atoms with Crippen molar-refractivity contribution in [3.05, 3.63) is 59.7 Å². The summed E-state index contributed by atoms with van der Waals surface area (Å²) in [7, 11) is 3.15. The molecule has 0 atom stereocenters. The first-order valence-electron chi connectivity index (χ1n) is 7.44. The quantitative estimate of drug-likeness (QED) is 0.790. The summed E-state index contributed by atoms with van der Waals surface area (Å²) in [5.41, 5.74) is 1.70. The molecule has 2 aromatic carbocycles. The van der Waals surface area contributed by atoms with Gasteiger partial charge in [-0.05, 0) is 35.4 Å². The SMILES string of the molecule is COc1cccc(CNC(=O)C(=O)NCc2cccc(OC)c2)c1. The molecular formula is C18H20N2O4. The van der Waals surface area contributed by atoms with Gasteiger partial charge in [0.2, 0.25) is 0 Å². The Morgan fingerprint density at radius 1 is 0.792 bits per heavy atom. The molecule has 6 nitrogen and oxygen atoms in total. The number of hydrogen-bond acceptors (Lipinski definition) is 4. The van der Waals surface area contributed by atoms with E-state index in [1.165, 1.54) is 0 Å². The lowest BCUT2D eigenvalue weighted by Gasteiger charge is -2.08. The van der Waals surface area contributed by atoms with Crippen LogP contribution < -0.4 is 20.1 Å². The molecule has 2 N–H and O–H groups in total. The number of hydrogen-bond donors (Lipinski definition) is 2. The molecule has 0 spiro atoms. The van der Waals surface area contributed by atoms with Crippen LogP contribution in [0.5, 0.6) is 11.5 Å². The van der Waals surface area contributed by atoms with Crippen molar-refractivity contribution in [1.82, 2.24) is 10.6 Å². The van der Waals surface area contributed by atoms with Gasteiger partial charge in [0.25, 0.3) is 0 Å². The average Bonchev–Trinajstić information content (AvgIpc) is 2.64. The highest BCUT2D eigenvalue weighted by molar-refractivity contribution is 6.35. The van der Waals surface area contributed by atoms with Crippen LogP contribution in [0.3, 0.4) is 0 Å². The first-order valence-corrected chi connectivity index (χ1v) is 7.44. The highest BCUT2D eigenvalue weighted by atomic mass is 16.5. The zero-order chi connectivity index (χ0) is 17.4. The summed E-state index contributed by atoms with van der Waals surface area (Å²) in [5, 5.41) is 5.16. The van der Waals surface area contributed by atoms with Gasteiger partial charge in [0.1, 0.15) is 11.5 Å². The normalized spacial score (nSPS) is 9.92. The van der Waals surface area contributed by atoms with Crippen LogP contribution in [0.2, 0.25) is 0 Å². The highest BCUT2D eigenvalue weighted by Crippen LogP contribution is 2.13. The Bertz CT molecular complexity index is 654. The number of nitrogens with one attached hydrogen (secondary N) is 2. The first kappa shape index (κ1) is 17.3. The second-order valence-electron chi connectivity index (χ2n) is 5.07. The Balaban J connectivity index is 1.82. The maximum atomic E-state index is 11.8. The lowest BCUT2D eigenvalue weighted by atomic mass is 10.2. The second-order valence-corrected chi connectivity index (χ2v) is 5.07. The van der Waals surface area contributed by atoms with Gasteiger partial charge in [-0.1, -0.05) is 24.3 Å². The summed E-state index contributed by atoms with van der Waals surface area (Å²) in [5.74, 6) is 0.0369. The van der Waals surface area contributed by atoms with E-state index >= 15 is 0 Å². The molecule has 0 unspecified atom stereocenters. The van der Waals surface area contributed by atoms with Crippen LogP contribution in [0.4, 0.5) is 0 Å². The fourth-order valence-electron chi connectivity index (χ4n) is 2.09. The van der Waals surface area contributed by atoms with E-state index in [1.54, 1.807) is 26.4 Å². The van der Waals surface area contributed by atoms with Crippen LogP contribution in [-0.4, -0.2) is 26.0 Å². The van der Waals surface area contributed by atoms with E-state index in [0.717, 1.165) is 11.1 Å². The fraction of sp³-hybridized carbons (Fsp3) is 0.222. The third-order valence-electron chi connectivity index (χ3n) is 3.38. The van der Waals surface area contributed by atoms with Gasteiger partial charge in [-0.25, -0.2) is 0 Å². The molecule has 0 aromatic heterocycles. The van der Waals surface area contributed by atoms with Gasteiger partial charge in [0.15, 0.2) is 0 Å². The average molecular weight is 328 g/mol. The minimum atomic E-state index is -0.680. The van der Waals surface area contributed by atoms with Crippen LogP contribution >= 0.6 is 0 Å². The summed E-state index contributed by atoms with van der Waals surface area (Å²) in [6, 6.07) is 14.6. The van der Waals surface area contributed by atoms with Crippen LogP contribution in [0, 0.1) is 0 Å². The van der Waals surface area contributed by atoms with Crippen molar-refractivity contribution in [3.8, 4) is 11.5 Å². The predicted molar refractivity (Wildman–Crippen MR) is 89.7 cm³/mol. The van der Waals surface area contributed by atoms with Crippen LogP contribution in [-0.2, 0) is 22.7 Å². The van der Waals surface area contributed by atoms with E-state index in [2.05, 4.69) is 10.6 Å². The molecule has 24 heavy (non-hydrogen) atoms. The van der Waals surface area contributed by atoms with Crippen LogP contribution in [0.15, 0.2) is 48.5 Å². The Hall–Kier alpha value is -3.02. The van der Waals surface area contributed by atoms with Crippen molar-refractivity contribution in [2.75, 3.05) is 14.2 Å². The summed E-state index contributed by atoms with van der Waals surface area (Å²) >= 11 is 0. The largest absolute Gasteiger partial charge is 0.497 e. The van der Waals surface area contributed by atoms with Gasteiger partial charge in [0.05, 0.1) is 14.2 Å². The summed E-state index contributed by atoms with van der Waals surface area (Å²) in [6.07, 6.45) is 0. The van der Waals surface area contributed by atoms with E-state index in [0.29, 0.717) is 11.5 Å². The van der Waals surface area contributed by atoms with Crippen molar-refractivity contribution in [2.24, 2.45) is 0 Å². The highest BCUT2D eigenvalue weighted by Gasteiger charge is 2.12. The molecule has 0 radical (unpaired) electrons. The molecule has 0 fully saturated rings. The van der Waals surface area contributed by atoms with E-state index in [9.17, 15) is 9.59 Å². The Morgan fingerprint density at radius 3 is 1.58 bits per heavy atom. The smallest absolute Gasteiger partial charge is 0.309 e. The summed E-state index contributed by atoms with van der Waals surface area (Å²) in [4.78, 5) is 23.7. The first-order chi connectivity index (χ1) is 11.6. The molecule has 2 rings (SSSR count). The lowest BCUT2D eigenvalue weighted by molar-refractivity contribution is -0.139. The number of rotatable bonds is 6. The van der Waals surface area contributed by atoms with Crippen LogP contribution in [0.1, 0.15) is 11.1 Å². The minimum Gasteiger partial charge on any atom is -0.497 e. The van der Waals surface area contributed by atoms with E-state index < -0.39 is 11.8 Å². The summed E-state index contributed by atoms with van der Waals surface area (Å²) < 4.78 is 10.2. The molecule has 0 aliphatic heterocycles. The maximum absolute atomic E-state index is 11.8. The third-order valence-corrected chi connectivity index (χ3v) is 3.38. The van der Waals surface area contributed by atoms with E-state index in [1.807, 2.05) is 36.4 Å². The van der Waals surface area contributed by atoms with Crippen molar-refractivity contribution in [2.45, 2.75) is 13.1 Å². The molecular weight excluding hydrogens is 308 g/mol. The molecule has 6 heteroatoms. The monoisotopic (exact) mass is 328 g/mol. The summed E-state index contributed by atoms with van der Waals surface area (Å²) in [6.45, 7) is 0.505. The fourth-order valence-corrected chi connectivity index (χ4v) is 2.09. The Labute approximate surface area is 140 Å². The van der Waals surface area contributed by atoms with Gasteiger partial charge in [0, 0.05) is 13.1 Å². The van der Waals surface area contributed by atoms with Crippen molar-refractivity contribution in [1.29, 1.82) is 0 Å². The molecule has 0 aliphatic rings. The third kappa shape index (κ3) is 5.01. The molecule has 0 heterocycles. The number of methoxy groups -OCH3 is 2. The van der Waals surface area contributed by atoms with Crippen molar-refractivity contribution >= 4 is 11.8 Å². The topological polar surface area (TPSA) is 76.7 Å². The lowest BCUT2D eigenvalue weighted by Crippen LogP contribution is -2.39. The number of carbonyl (C=O) groups excluding carboxylic acids is 2. The number of carbonyl (C=O) groups is 2. The zero-order valence-corrected chi connectivity index (χ0v) is 13.7.